The third-order valence-corrected chi connectivity index (χ3v) is 2.94. The van der Waals surface area contributed by atoms with Crippen molar-refractivity contribution >= 4 is 0 Å². The molecule has 88 valence electrons. The van der Waals surface area contributed by atoms with Gasteiger partial charge in [-0.05, 0) is 19.8 Å². The molecule has 0 fully saturated rings. The second kappa shape index (κ2) is 8.73. The molecule has 1 unspecified atom stereocenters. The van der Waals surface area contributed by atoms with Crippen LogP contribution in [0.5, 0.6) is 0 Å². The van der Waals surface area contributed by atoms with Crippen LogP contribution in [0.1, 0.15) is 65.2 Å². The molecular formula is C13H25NO. The Morgan fingerprint density at radius 3 is 2.07 bits per heavy atom. The molecule has 0 saturated carbocycles. The van der Waals surface area contributed by atoms with Gasteiger partial charge in [-0.3, -0.25) is 0 Å². The molecule has 2 nitrogen and oxygen atoms in total. The van der Waals surface area contributed by atoms with Gasteiger partial charge in [-0.1, -0.05) is 45.4 Å². The first kappa shape index (κ1) is 14.5. The number of nitrogens with zero attached hydrogens (tertiary/aromatic N) is 1. The lowest BCUT2D eigenvalue weighted by Crippen LogP contribution is -2.24. The topological polar surface area (TPSA) is 33.0 Å². The predicted molar refractivity (Wildman–Crippen MR) is 63.6 cm³/mol. The highest BCUT2D eigenvalue weighted by atomic mass is 16.5. The van der Waals surface area contributed by atoms with Crippen molar-refractivity contribution in [1.82, 2.24) is 0 Å². The van der Waals surface area contributed by atoms with Crippen molar-refractivity contribution in [2.75, 3.05) is 7.11 Å². The van der Waals surface area contributed by atoms with Crippen molar-refractivity contribution in [2.24, 2.45) is 0 Å². The second-order valence-corrected chi connectivity index (χ2v) is 4.42. The van der Waals surface area contributed by atoms with Crippen molar-refractivity contribution in [3.63, 3.8) is 0 Å². The fourth-order valence-corrected chi connectivity index (χ4v) is 1.62. The van der Waals surface area contributed by atoms with Crippen LogP contribution in [-0.4, -0.2) is 12.7 Å². The van der Waals surface area contributed by atoms with Crippen LogP contribution in [0.3, 0.4) is 0 Å². The van der Waals surface area contributed by atoms with Gasteiger partial charge in [-0.25, -0.2) is 0 Å². The van der Waals surface area contributed by atoms with Gasteiger partial charge in [0.2, 0.25) is 0 Å². The zero-order valence-corrected chi connectivity index (χ0v) is 10.5. The third kappa shape index (κ3) is 7.39. The lowest BCUT2D eigenvalue weighted by Gasteiger charge is -2.19. The number of hydrogen-bond acceptors (Lipinski definition) is 2. The minimum atomic E-state index is -0.566. The molecule has 0 bridgehead atoms. The fourth-order valence-electron chi connectivity index (χ4n) is 1.62. The quantitative estimate of drug-likeness (QED) is 0.539. The highest BCUT2D eigenvalue weighted by molar-refractivity contribution is 4.97. The lowest BCUT2D eigenvalue weighted by atomic mass is 9.99. The Morgan fingerprint density at radius 2 is 1.60 bits per heavy atom. The highest BCUT2D eigenvalue weighted by Gasteiger charge is 2.21. The van der Waals surface area contributed by atoms with E-state index in [2.05, 4.69) is 13.0 Å². The van der Waals surface area contributed by atoms with Crippen LogP contribution in [0, 0.1) is 11.3 Å². The van der Waals surface area contributed by atoms with Gasteiger partial charge < -0.3 is 4.74 Å². The van der Waals surface area contributed by atoms with Crippen molar-refractivity contribution < 1.29 is 4.74 Å². The lowest BCUT2D eigenvalue weighted by molar-refractivity contribution is 0.0458. The summed E-state index contributed by atoms with van der Waals surface area (Å²) in [5.41, 5.74) is -0.566. The monoisotopic (exact) mass is 211 g/mol. The van der Waals surface area contributed by atoms with E-state index >= 15 is 0 Å². The molecule has 0 N–H and O–H groups in total. The SMILES string of the molecule is CCCCCCCCCC(C)(C#N)OC. The number of ether oxygens (including phenoxy) is 1. The predicted octanol–water partition coefficient (Wildman–Crippen LogP) is 4.06. The average molecular weight is 211 g/mol. The summed E-state index contributed by atoms with van der Waals surface area (Å²) in [4.78, 5) is 0. The van der Waals surface area contributed by atoms with Crippen LogP contribution in [0.2, 0.25) is 0 Å². The molecule has 2 heteroatoms. The van der Waals surface area contributed by atoms with E-state index in [1.165, 1.54) is 38.5 Å². The van der Waals surface area contributed by atoms with E-state index in [1.54, 1.807) is 7.11 Å². The van der Waals surface area contributed by atoms with E-state index in [1.807, 2.05) is 6.92 Å². The summed E-state index contributed by atoms with van der Waals surface area (Å²) in [5.74, 6) is 0. The molecule has 0 amide bonds. The van der Waals surface area contributed by atoms with E-state index < -0.39 is 5.60 Å². The Hall–Kier alpha value is -0.550. The molecule has 0 aliphatic rings. The van der Waals surface area contributed by atoms with Crippen LogP contribution in [0.25, 0.3) is 0 Å². The highest BCUT2D eigenvalue weighted by Crippen LogP contribution is 2.18. The fraction of sp³-hybridized carbons (Fsp3) is 0.923. The summed E-state index contributed by atoms with van der Waals surface area (Å²) in [5, 5.41) is 8.88. The Morgan fingerprint density at radius 1 is 1.07 bits per heavy atom. The van der Waals surface area contributed by atoms with Crippen molar-refractivity contribution in [2.45, 2.75) is 70.8 Å². The van der Waals surface area contributed by atoms with E-state index in [-0.39, 0.29) is 0 Å². The molecule has 0 radical (unpaired) electrons. The van der Waals surface area contributed by atoms with Crippen LogP contribution < -0.4 is 0 Å². The molecule has 0 aromatic rings. The third-order valence-electron chi connectivity index (χ3n) is 2.94. The number of methoxy groups -OCH3 is 1. The van der Waals surface area contributed by atoms with Crippen molar-refractivity contribution in [3.05, 3.63) is 0 Å². The van der Waals surface area contributed by atoms with Crippen LogP contribution >= 0.6 is 0 Å². The van der Waals surface area contributed by atoms with Gasteiger partial charge in [0.05, 0.1) is 6.07 Å². The largest absolute Gasteiger partial charge is 0.364 e. The number of nitriles is 1. The molecule has 0 aliphatic carbocycles. The van der Waals surface area contributed by atoms with Crippen LogP contribution in [-0.2, 0) is 4.74 Å². The molecule has 0 rings (SSSR count). The summed E-state index contributed by atoms with van der Waals surface area (Å²) in [6.45, 7) is 4.10. The number of rotatable bonds is 9. The maximum atomic E-state index is 8.88. The molecule has 0 aromatic carbocycles. The Balaban J connectivity index is 3.35. The Kier molecular flexibility index (Phi) is 8.41. The van der Waals surface area contributed by atoms with Crippen LogP contribution in [0.15, 0.2) is 0 Å². The summed E-state index contributed by atoms with van der Waals surface area (Å²) < 4.78 is 5.17. The molecule has 0 aliphatic heterocycles. The maximum Gasteiger partial charge on any atom is 0.151 e. The second-order valence-electron chi connectivity index (χ2n) is 4.42. The van der Waals surface area contributed by atoms with Gasteiger partial charge >= 0.3 is 0 Å². The Bertz CT molecular complexity index is 185. The molecule has 0 spiro atoms. The van der Waals surface area contributed by atoms with E-state index in [0.717, 1.165) is 12.8 Å². The normalized spacial score (nSPS) is 14.5. The zero-order chi connectivity index (χ0) is 11.6. The minimum Gasteiger partial charge on any atom is -0.364 e. The minimum absolute atomic E-state index is 0.566. The van der Waals surface area contributed by atoms with Crippen LogP contribution in [0.4, 0.5) is 0 Å². The summed E-state index contributed by atoms with van der Waals surface area (Å²) in [7, 11) is 1.62. The Labute approximate surface area is 94.6 Å². The van der Waals surface area contributed by atoms with Gasteiger partial charge in [0.25, 0.3) is 0 Å². The molecule has 15 heavy (non-hydrogen) atoms. The standard InChI is InChI=1S/C13H25NO/c1-4-5-6-7-8-9-10-11-13(2,12-14)15-3/h4-11H2,1-3H3. The van der Waals surface area contributed by atoms with E-state index in [4.69, 9.17) is 10.00 Å². The molecule has 0 aromatic heterocycles. The van der Waals surface area contributed by atoms with Gasteiger partial charge in [-0.2, -0.15) is 5.26 Å². The van der Waals surface area contributed by atoms with Gasteiger partial charge in [0.15, 0.2) is 5.60 Å². The first-order valence-corrected chi connectivity index (χ1v) is 6.15. The number of unbranched alkanes of at least 4 members (excludes halogenated alkanes) is 6. The smallest absolute Gasteiger partial charge is 0.151 e. The maximum absolute atomic E-state index is 8.88. The first-order chi connectivity index (χ1) is 7.18. The zero-order valence-electron chi connectivity index (χ0n) is 10.5. The summed E-state index contributed by atoms with van der Waals surface area (Å²) in [6, 6.07) is 2.22. The number of hydrogen-bond donors (Lipinski definition) is 0. The van der Waals surface area contributed by atoms with Gasteiger partial charge in [0, 0.05) is 7.11 Å². The van der Waals surface area contributed by atoms with Crippen molar-refractivity contribution in [3.8, 4) is 6.07 Å². The first-order valence-electron chi connectivity index (χ1n) is 6.15. The van der Waals surface area contributed by atoms with Gasteiger partial charge in [0.1, 0.15) is 0 Å². The summed E-state index contributed by atoms with van der Waals surface area (Å²) in [6.07, 6.45) is 9.83. The molecular weight excluding hydrogens is 186 g/mol. The van der Waals surface area contributed by atoms with Gasteiger partial charge in [-0.15, -0.1) is 0 Å². The molecule has 1 atom stereocenters. The van der Waals surface area contributed by atoms with Crippen molar-refractivity contribution in [1.29, 1.82) is 5.26 Å². The van der Waals surface area contributed by atoms with E-state index in [9.17, 15) is 0 Å². The summed E-state index contributed by atoms with van der Waals surface area (Å²) >= 11 is 0. The molecule has 0 saturated heterocycles. The molecule has 0 heterocycles. The van der Waals surface area contributed by atoms with E-state index in [0.29, 0.717) is 0 Å². The average Bonchev–Trinajstić information content (AvgIpc) is 2.27.